The maximum absolute atomic E-state index is 12.4. The normalized spacial score (nSPS) is 19.1. The summed E-state index contributed by atoms with van der Waals surface area (Å²) in [5.74, 6) is 0.114. The van der Waals surface area contributed by atoms with Crippen LogP contribution in [0.4, 0.5) is 0 Å². The van der Waals surface area contributed by atoms with Gasteiger partial charge in [0.15, 0.2) is 9.84 Å². The third-order valence-electron chi connectivity index (χ3n) is 3.69. The summed E-state index contributed by atoms with van der Waals surface area (Å²) in [7, 11) is -6.58. The SMILES string of the molecule is CCS(=O)(=O)C1CCN(S(=O)(=O)c2ccccc2)CC1. The lowest BCUT2D eigenvalue weighted by Gasteiger charge is -2.30. The Hall–Kier alpha value is -0.920. The number of hydrogen-bond donors (Lipinski definition) is 0. The fourth-order valence-electron chi connectivity index (χ4n) is 2.41. The average molecular weight is 317 g/mol. The summed E-state index contributed by atoms with van der Waals surface area (Å²) in [5, 5.41) is -0.408. The molecule has 1 fully saturated rings. The molecular weight excluding hydrogens is 298 g/mol. The molecule has 1 heterocycles. The highest BCUT2D eigenvalue weighted by atomic mass is 32.2. The summed E-state index contributed by atoms with van der Waals surface area (Å²) in [5.41, 5.74) is 0. The van der Waals surface area contributed by atoms with Crippen molar-refractivity contribution in [2.45, 2.75) is 29.9 Å². The van der Waals surface area contributed by atoms with E-state index < -0.39 is 25.1 Å². The zero-order valence-electron chi connectivity index (χ0n) is 11.4. The number of hydrogen-bond acceptors (Lipinski definition) is 4. The Kier molecular flexibility index (Phi) is 4.51. The Labute approximate surface area is 120 Å². The van der Waals surface area contributed by atoms with Crippen molar-refractivity contribution in [1.82, 2.24) is 4.31 Å². The monoisotopic (exact) mass is 317 g/mol. The van der Waals surface area contributed by atoms with E-state index in [1.807, 2.05) is 0 Å². The molecular formula is C13H19NO4S2. The van der Waals surface area contributed by atoms with E-state index in [0.717, 1.165) is 0 Å². The molecule has 1 aromatic rings. The molecule has 0 N–H and O–H groups in total. The van der Waals surface area contributed by atoms with Crippen LogP contribution in [0.2, 0.25) is 0 Å². The van der Waals surface area contributed by atoms with Gasteiger partial charge < -0.3 is 0 Å². The lowest BCUT2D eigenvalue weighted by Crippen LogP contribution is -2.42. The number of benzene rings is 1. The minimum absolute atomic E-state index is 0.114. The molecule has 0 radical (unpaired) electrons. The number of piperidine rings is 1. The maximum Gasteiger partial charge on any atom is 0.243 e. The first-order chi connectivity index (χ1) is 9.38. The summed E-state index contributed by atoms with van der Waals surface area (Å²) in [6.07, 6.45) is 0.754. The van der Waals surface area contributed by atoms with Crippen LogP contribution in [0.25, 0.3) is 0 Å². The molecule has 0 aliphatic carbocycles. The van der Waals surface area contributed by atoms with Crippen molar-refractivity contribution in [3.8, 4) is 0 Å². The van der Waals surface area contributed by atoms with Crippen LogP contribution in [0.1, 0.15) is 19.8 Å². The highest BCUT2D eigenvalue weighted by Crippen LogP contribution is 2.24. The van der Waals surface area contributed by atoms with E-state index >= 15 is 0 Å². The van der Waals surface area contributed by atoms with Gasteiger partial charge in [0.2, 0.25) is 10.0 Å². The summed E-state index contributed by atoms with van der Waals surface area (Å²) < 4.78 is 49.8. The van der Waals surface area contributed by atoms with Gasteiger partial charge in [-0.1, -0.05) is 25.1 Å². The molecule has 1 aliphatic rings. The number of sulfonamides is 1. The second-order valence-electron chi connectivity index (χ2n) is 4.87. The number of rotatable bonds is 4. The molecule has 5 nitrogen and oxygen atoms in total. The summed E-state index contributed by atoms with van der Waals surface area (Å²) in [4.78, 5) is 0.261. The maximum atomic E-state index is 12.4. The highest BCUT2D eigenvalue weighted by molar-refractivity contribution is 7.92. The molecule has 0 bridgehead atoms. The predicted molar refractivity (Wildman–Crippen MR) is 77.7 cm³/mol. The Morgan fingerprint density at radius 2 is 1.60 bits per heavy atom. The van der Waals surface area contributed by atoms with E-state index in [1.165, 1.54) is 4.31 Å². The van der Waals surface area contributed by atoms with E-state index in [1.54, 1.807) is 37.3 Å². The van der Waals surface area contributed by atoms with Gasteiger partial charge in [0.25, 0.3) is 0 Å². The number of sulfone groups is 1. The van der Waals surface area contributed by atoms with Crippen molar-refractivity contribution in [3.63, 3.8) is 0 Å². The molecule has 0 amide bonds. The first-order valence-electron chi connectivity index (χ1n) is 6.64. The van der Waals surface area contributed by atoms with E-state index in [2.05, 4.69) is 0 Å². The Balaban J connectivity index is 2.12. The topological polar surface area (TPSA) is 71.5 Å². The van der Waals surface area contributed by atoms with Gasteiger partial charge in [-0.2, -0.15) is 4.31 Å². The minimum atomic E-state index is -3.50. The van der Waals surface area contributed by atoms with E-state index in [9.17, 15) is 16.8 Å². The molecule has 112 valence electrons. The van der Waals surface area contributed by atoms with Gasteiger partial charge in [-0.15, -0.1) is 0 Å². The van der Waals surface area contributed by atoms with Gasteiger partial charge >= 0.3 is 0 Å². The second kappa shape index (κ2) is 5.83. The van der Waals surface area contributed by atoms with Crippen molar-refractivity contribution in [1.29, 1.82) is 0 Å². The molecule has 0 atom stereocenters. The highest BCUT2D eigenvalue weighted by Gasteiger charge is 2.33. The van der Waals surface area contributed by atoms with Crippen LogP contribution in [-0.2, 0) is 19.9 Å². The molecule has 0 spiro atoms. The molecule has 20 heavy (non-hydrogen) atoms. The third kappa shape index (κ3) is 3.05. The van der Waals surface area contributed by atoms with Gasteiger partial charge in [0, 0.05) is 18.8 Å². The largest absolute Gasteiger partial charge is 0.243 e. The van der Waals surface area contributed by atoms with E-state index in [-0.39, 0.29) is 23.7 Å². The first kappa shape index (κ1) is 15.5. The van der Waals surface area contributed by atoms with Gasteiger partial charge in [-0.05, 0) is 25.0 Å². The first-order valence-corrected chi connectivity index (χ1v) is 9.80. The summed E-state index contributed by atoms with van der Waals surface area (Å²) in [6, 6.07) is 8.25. The molecule has 2 rings (SSSR count). The third-order valence-corrected chi connectivity index (χ3v) is 7.90. The Morgan fingerprint density at radius 3 is 2.10 bits per heavy atom. The zero-order valence-corrected chi connectivity index (χ0v) is 13.0. The zero-order chi connectivity index (χ0) is 14.8. The van der Waals surface area contributed by atoms with Crippen LogP contribution in [0.5, 0.6) is 0 Å². The molecule has 1 aliphatic heterocycles. The van der Waals surface area contributed by atoms with Gasteiger partial charge in [0.05, 0.1) is 10.1 Å². The van der Waals surface area contributed by atoms with Crippen molar-refractivity contribution in [3.05, 3.63) is 30.3 Å². The lowest BCUT2D eigenvalue weighted by atomic mass is 10.2. The molecule has 1 aromatic carbocycles. The van der Waals surface area contributed by atoms with Gasteiger partial charge in [0.1, 0.15) is 0 Å². The van der Waals surface area contributed by atoms with Crippen molar-refractivity contribution in [2.24, 2.45) is 0 Å². The van der Waals surface area contributed by atoms with Crippen molar-refractivity contribution in [2.75, 3.05) is 18.8 Å². The predicted octanol–water partition coefficient (Wildman–Crippen LogP) is 1.27. The standard InChI is InChI=1S/C13H19NO4S2/c1-2-19(15,16)12-8-10-14(11-9-12)20(17,18)13-6-4-3-5-7-13/h3-7,12H,2,8-11H2,1H3. The van der Waals surface area contributed by atoms with Crippen LogP contribution < -0.4 is 0 Å². The van der Waals surface area contributed by atoms with Gasteiger partial charge in [-0.3, -0.25) is 0 Å². The summed E-state index contributed by atoms with van der Waals surface area (Å²) in [6.45, 7) is 2.16. The molecule has 0 aromatic heterocycles. The van der Waals surface area contributed by atoms with Crippen LogP contribution in [-0.4, -0.2) is 45.2 Å². The van der Waals surface area contributed by atoms with E-state index in [4.69, 9.17) is 0 Å². The quantitative estimate of drug-likeness (QED) is 0.838. The van der Waals surface area contributed by atoms with Crippen LogP contribution in [0, 0.1) is 0 Å². The lowest BCUT2D eigenvalue weighted by molar-refractivity contribution is 0.346. The second-order valence-corrected chi connectivity index (χ2v) is 9.38. The summed E-state index contributed by atoms with van der Waals surface area (Å²) >= 11 is 0. The average Bonchev–Trinajstić information content (AvgIpc) is 2.48. The molecule has 0 unspecified atom stereocenters. The minimum Gasteiger partial charge on any atom is -0.229 e. The van der Waals surface area contributed by atoms with Crippen molar-refractivity contribution < 1.29 is 16.8 Å². The van der Waals surface area contributed by atoms with Gasteiger partial charge in [-0.25, -0.2) is 16.8 Å². The van der Waals surface area contributed by atoms with E-state index in [0.29, 0.717) is 12.8 Å². The number of nitrogens with zero attached hydrogens (tertiary/aromatic N) is 1. The Bertz CT molecular complexity index is 645. The molecule has 0 saturated carbocycles. The molecule has 7 heteroatoms. The fourth-order valence-corrected chi connectivity index (χ4v) is 5.30. The van der Waals surface area contributed by atoms with Crippen LogP contribution in [0.3, 0.4) is 0 Å². The van der Waals surface area contributed by atoms with Crippen LogP contribution >= 0.6 is 0 Å². The van der Waals surface area contributed by atoms with Crippen molar-refractivity contribution >= 4 is 19.9 Å². The smallest absolute Gasteiger partial charge is 0.229 e. The molecule has 1 saturated heterocycles. The van der Waals surface area contributed by atoms with Crippen LogP contribution in [0.15, 0.2) is 35.2 Å². The Morgan fingerprint density at radius 1 is 1.05 bits per heavy atom. The fraction of sp³-hybridized carbons (Fsp3) is 0.538.